The molecule has 1 aromatic rings. The topological polar surface area (TPSA) is 33.7 Å². The Kier molecular flexibility index (Phi) is 9.51. The zero-order valence-corrected chi connectivity index (χ0v) is 20.0. The second-order valence-corrected chi connectivity index (χ2v) is 7.78. The molecule has 0 aliphatic carbocycles. The van der Waals surface area contributed by atoms with E-state index in [-0.39, 0.29) is 11.9 Å². The molecule has 1 aromatic carbocycles. The standard InChI is InChI=1S/C26H36F2N2O2/c1-7-11-19(9-3)25(24(12-8-2)30-17-22(18-30)31-6)23(10-4)29-20-13-15-21(16-14-20)32-26(5,27)28/h8,10-16,22,29H,7,9,17-18H2,1-6H3/b12-8-,19-11+,23-10-,25-24+. The first-order valence-corrected chi connectivity index (χ1v) is 11.2. The van der Waals surface area contributed by atoms with Gasteiger partial charge >= 0.3 is 6.11 Å². The largest absolute Gasteiger partial charge is 0.433 e. The number of hydrogen-bond acceptors (Lipinski definition) is 4. The lowest BCUT2D eigenvalue weighted by molar-refractivity contribution is -0.158. The summed E-state index contributed by atoms with van der Waals surface area (Å²) < 4.78 is 36.4. The van der Waals surface area contributed by atoms with Crippen LogP contribution in [-0.2, 0) is 4.74 Å². The fourth-order valence-corrected chi connectivity index (χ4v) is 3.68. The molecular formula is C26H36F2N2O2. The summed E-state index contributed by atoms with van der Waals surface area (Å²) in [6.45, 7) is 10.7. The molecule has 0 saturated carbocycles. The molecule has 1 heterocycles. The van der Waals surface area contributed by atoms with Crippen molar-refractivity contribution in [3.8, 4) is 5.75 Å². The monoisotopic (exact) mass is 446 g/mol. The highest BCUT2D eigenvalue weighted by Crippen LogP contribution is 2.33. The van der Waals surface area contributed by atoms with Crippen molar-refractivity contribution in [1.29, 1.82) is 0 Å². The van der Waals surface area contributed by atoms with E-state index in [9.17, 15) is 8.78 Å². The summed E-state index contributed by atoms with van der Waals surface area (Å²) in [6.07, 6.45) is 7.37. The van der Waals surface area contributed by atoms with Gasteiger partial charge in [-0.1, -0.05) is 32.1 Å². The average Bonchev–Trinajstić information content (AvgIpc) is 2.71. The number of anilines is 1. The molecule has 0 radical (unpaired) electrons. The van der Waals surface area contributed by atoms with E-state index in [4.69, 9.17) is 4.74 Å². The molecule has 0 amide bonds. The fraction of sp³-hybridized carbons (Fsp3) is 0.462. The van der Waals surface area contributed by atoms with Crippen molar-refractivity contribution in [2.24, 2.45) is 0 Å². The summed E-state index contributed by atoms with van der Waals surface area (Å²) in [6, 6.07) is 6.59. The van der Waals surface area contributed by atoms with Crippen molar-refractivity contribution < 1.29 is 18.3 Å². The van der Waals surface area contributed by atoms with Gasteiger partial charge in [-0.25, -0.2) is 0 Å². The Hall–Kier alpha value is -2.60. The Labute approximate surface area is 191 Å². The number of ether oxygens (including phenoxy) is 2. The molecule has 1 fully saturated rings. The molecule has 1 aliphatic heterocycles. The van der Waals surface area contributed by atoms with E-state index in [0.717, 1.165) is 55.5 Å². The smallest absolute Gasteiger partial charge is 0.394 e. The van der Waals surface area contributed by atoms with E-state index in [2.05, 4.69) is 53.1 Å². The molecule has 32 heavy (non-hydrogen) atoms. The van der Waals surface area contributed by atoms with Gasteiger partial charge in [-0.2, -0.15) is 8.78 Å². The van der Waals surface area contributed by atoms with Crippen molar-refractivity contribution in [2.45, 2.75) is 59.7 Å². The summed E-state index contributed by atoms with van der Waals surface area (Å²) in [7, 11) is 1.75. The number of methoxy groups -OCH3 is 1. The van der Waals surface area contributed by atoms with Crippen LogP contribution in [0.1, 0.15) is 47.5 Å². The van der Waals surface area contributed by atoms with Crippen LogP contribution in [0.5, 0.6) is 5.75 Å². The number of rotatable bonds is 11. The van der Waals surface area contributed by atoms with Gasteiger partial charge < -0.3 is 19.7 Å². The number of allylic oxidation sites excluding steroid dienone is 5. The van der Waals surface area contributed by atoms with Gasteiger partial charge in [0.1, 0.15) is 5.75 Å². The molecular weight excluding hydrogens is 410 g/mol. The molecule has 2 rings (SSSR count). The van der Waals surface area contributed by atoms with Crippen molar-refractivity contribution in [2.75, 3.05) is 25.5 Å². The van der Waals surface area contributed by atoms with Crippen LogP contribution in [0.25, 0.3) is 0 Å². The normalized spacial score (nSPS) is 16.8. The van der Waals surface area contributed by atoms with Gasteiger partial charge in [0, 0.05) is 49.8 Å². The van der Waals surface area contributed by atoms with Gasteiger partial charge in [0.05, 0.1) is 6.10 Å². The zero-order valence-electron chi connectivity index (χ0n) is 20.0. The minimum absolute atomic E-state index is 0.127. The lowest BCUT2D eigenvalue weighted by Crippen LogP contribution is -2.51. The van der Waals surface area contributed by atoms with E-state index in [0.29, 0.717) is 0 Å². The Morgan fingerprint density at radius 3 is 2.31 bits per heavy atom. The Bertz CT molecular complexity index is 859. The van der Waals surface area contributed by atoms with Crippen LogP contribution in [0, 0.1) is 0 Å². The Balaban J connectivity index is 2.43. The quantitative estimate of drug-likeness (QED) is 0.375. The van der Waals surface area contributed by atoms with Crippen LogP contribution in [0.3, 0.4) is 0 Å². The van der Waals surface area contributed by atoms with Crippen LogP contribution in [0.15, 0.2) is 71.1 Å². The second kappa shape index (κ2) is 11.9. The number of nitrogens with zero attached hydrogens (tertiary/aromatic N) is 1. The van der Waals surface area contributed by atoms with E-state index in [1.165, 1.54) is 5.57 Å². The highest BCUT2D eigenvalue weighted by Gasteiger charge is 2.30. The van der Waals surface area contributed by atoms with Crippen LogP contribution in [0.4, 0.5) is 14.5 Å². The summed E-state index contributed by atoms with van der Waals surface area (Å²) in [5.41, 5.74) is 5.31. The summed E-state index contributed by atoms with van der Waals surface area (Å²) in [5.74, 6) is 0.127. The molecule has 6 heteroatoms. The third-order valence-corrected chi connectivity index (χ3v) is 5.24. The Morgan fingerprint density at radius 2 is 1.84 bits per heavy atom. The predicted octanol–water partition coefficient (Wildman–Crippen LogP) is 6.90. The molecule has 0 bridgehead atoms. The Morgan fingerprint density at radius 1 is 1.19 bits per heavy atom. The number of hydrogen-bond donors (Lipinski definition) is 1. The molecule has 1 aliphatic rings. The number of alkyl halides is 2. The molecule has 0 atom stereocenters. The highest BCUT2D eigenvalue weighted by atomic mass is 19.3. The van der Waals surface area contributed by atoms with Crippen molar-refractivity contribution in [1.82, 2.24) is 4.90 Å². The summed E-state index contributed by atoms with van der Waals surface area (Å²) in [4.78, 5) is 2.33. The van der Waals surface area contributed by atoms with E-state index in [1.807, 2.05) is 13.8 Å². The van der Waals surface area contributed by atoms with Crippen LogP contribution < -0.4 is 10.1 Å². The number of likely N-dealkylation sites (tertiary alicyclic amines) is 1. The third kappa shape index (κ3) is 6.95. The maximum absolute atomic E-state index is 13.1. The first-order valence-electron chi connectivity index (χ1n) is 11.2. The van der Waals surface area contributed by atoms with Crippen LogP contribution in [-0.4, -0.2) is 37.3 Å². The zero-order chi connectivity index (χ0) is 23.7. The molecule has 1 saturated heterocycles. The lowest BCUT2D eigenvalue weighted by atomic mass is 9.94. The predicted molar refractivity (Wildman–Crippen MR) is 128 cm³/mol. The molecule has 1 N–H and O–H groups in total. The maximum atomic E-state index is 13.1. The lowest BCUT2D eigenvalue weighted by Gasteiger charge is -2.42. The first-order chi connectivity index (χ1) is 15.3. The third-order valence-electron chi connectivity index (χ3n) is 5.24. The summed E-state index contributed by atoms with van der Waals surface area (Å²) >= 11 is 0. The van der Waals surface area contributed by atoms with Gasteiger partial charge in [-0.3, -0.25) is 0 Å². The van der Waals surface area contributed by atoms with Gasteiger partial charge in [-0.05, 0) is 62.6 Å². The number of nitrogens with one attached hydrogen (secondary N) is 1. The van der Waals surface area contributed by atoms with Crippen LogP contribution in [0.2, 0.25) is 0 Å². The van der Waals surface area contributed by atoms with Crippen molar-refractivity contribution in [3.63, 3.8) is 0 Å². The van der Waals surface area contributed by atoms with E-state index < -0.39 is 6.11 Å². The first kappa shape index (κ1) is 25.7. The minimum Gasteiger partial charge on any atom is -0.433 e. The molecule has 0 spiro atoms. The number of halogens is 2. The van der Waals surface area contributed by atoms with Gasteiger partial charge in [-0.15, -0.1) is 0 Å². The van der Waals surface area contributed by atoms with E-state index in [1.54, 1.807) is 31.4 Å². The molecule has 176 valence electrons. The second-order valence-electron chi connectivity index (χ2n) is 7.78. The highest BCUT2D eigenvalue weighted by molar-refractivity contribution is 5.61. The minimum atomic E-state index is -3.21. The fourth-order valence-electron chi connectivity index (χ4n) is 3.68. The number of benzene rings is 1. The van der Waals surface area contributed by atoms with Gasteiger partial charge in [0.15, 0.2) is 0 Å². The van der Waals surface area contributed by atoms with Crippen molar-refractivity contribution >= 4 is 5.69 Å². The molecule has 0 aromatic heterocycles. The SMILES string of the molecule is C\C=C/C(=C(C(=C\C)\Nc1ccc(OC(C)(F)F)cc1)/C(=C/CC)CC)N1CC(OC)C1. The maximum Gasteiger partial charge on any atom is 0.394 e. The summed E-state index contributed by atoms with van der Waals surface area (Å²) in [5, 5.41) is 3.49. The molecule has 4 nitrogen and oxygen atoms in total. The van der Waals surface area contributed by atoms with E-state index >= 15 is 0 Å². The van der Waals surface area contributed by atoms with Gasteiger partial charge in [0.2, 0.25) is 0 Å². The van der Waals surface area contributed by atoms with Gasteiger partial charge in [0.25, 0.3) is 0 Å². The molecule has 0 unspecified atom stereocenters. The average molecular weight is 447 g/mol. The van der Waals surface area contributed by atoms with Crippen molar-refractivity contribution in [3.05, 3.63) is 71.1 Å². The van der Waals surface area contributed by atoms with Crippen LogP contribution >= 0.6 is 0 Å².